The van der Waals surface area contributed by atoms with E-state index in [2.05, 4.69) is 5.10 Å². The van der Waals surface area contributed by atoms with E-state index >= 15 is 0 Å². The van der Waals surface area contributed by atoms with Gasteiger partial charge >= 0.3 is 0 Å². The van der Waals surface area contributed by atoms with Gasteiger partial charge in [0.25, 0.3) is 0 Å². The van der Waals surface area contributed by atoms with Gasteiger partial charge in [0.1, 0.15) is 5.75 Å². The lowest BCUT2D eigenvalue weighted by atomic mass is 9.98. The molecule has 4 nitrogen and oxygen atoms in total. The first-order valence-corrected chi connectivity index (χ1v) is 7.76. The lowest BCUT2D eigenvalue weighted by molar-refractivity contribution is 0.155. The van der Waals surface area contributed by atoms with E-state index in [1.807, 2.05) is 12.1 Å². The number of aromatic nitrogens is 2. The Hall–Kier alpha value is -1.68. The summed E-state index contributed by atoms with van der Waals surface area (Å²) < 4.78 is 7.65. The lowest BCUT2D eigenvalue weighted by Gasteiger charge is -2.22. The van der Waals surface area contributed by atoms with Gasteiger partial charge in [-0.25, -0.2) is 4.68 Å². The van der Waals surface area contributed by atoms with E-state index < -0.39 is 0 Å². The second-order valence-corrected chi connectivity index (χ2v) is 5.86. The molecule has 3 rings (SSSR count). The molecule has 0 saturated heterocycles. The highest BCUT2D eigenvalue weighted by molar-refractivity contribution is 6.31. The fraction of sp³-hybridized carbons (Fsp3) is 0.438. The predicted molar refractivity (Wildman–Crippen MR) is 81.9 cm³/mol. The monoisotopic (exact) mass is 306 g/mol. The number of halogens is 1. The van der Waals surface area contributed by atoms with Crippen LogP contribution in [-0.4, -0.2) is 21.0 Å². The van der Waals surface area contributed by atoms with E-state index in [-0.39, 0.29) is 11.9 Å². The topological polar surface area (TPSA) is 47.3 Å². The lowest BCUT2D eigenvalue weighted by Crippen LogP contribution is -2.19. The van der Waals surface area contributed by atoms with Crippen molar-refractivity contribution in [1.82, 2.24) is 9.78 Å². The highest BCUT2D eigenvalue weighted by atomic mass is 35.5. The van der Waals surface area contributed by atoms with Gasteiger partial charge in [-0.15, -0.1) is 0 Å². The Balaban J connectivity index is 1.70. The molecule has 1 aromatic heterocycles. The van der Waals surface area contributed by atoms with Crippen LogP contribution in [0.3, 0.4) is 0 Å². The number of hydrogen-bond donors (Lipinski definition) is 1. The maximum Gasteiger partial charge on any atom is 0.176 e. The summed E-state index contributed by atoms with van der Waals surface area (Å²) in [6.45, 7) is 0.515. The van der Waals surface area contributed by atoms with Crippen LogP contribution in [0.2, 0.25) is 5.15 Å². The van der Waals surface area contributed by atoms with Crippen molar-refractivity contribution < 1.29 is 9.84 Å². The smallest absolute Gasteiger partial charge is 0.176 e. The van der Waals surface area contributed by atoms with Gasteiger partial charge in [0.2, 0.25) is 0 Å². The molecule has 1 aromatic carbocycles. The summed E-state index contributed by atoms with van der Waals surface area (Å²) in [5, 5.41) is 14.3. The predicted octanol–water partition coefficient (Wildman–Crippen LogP) is 4.00. The third kappa shape index (κ3) is 3.50. The Bertz CT molecular complexity index is 606. The second-order valence-electron chi connectivity index (χ2n) is 5.51. The molecular weight excluding hydrogens is 288 g/mol. The Labute approximate surface area is 129 Å². The number of rotatable bonds is 4. The third-order valence-corrected chi connectivity index (χ3v) is 4.21. The molecule has 0 unspecified atom stereocenters. The van der Waals surface area contributed by atoms with Crippen molar-refractivity contribution in [2.24, 2.45) is 0 Å². The number of nitrogens with zero attached hydrogens (tertiary/aromatic N) is 2. The van der Waals surface area contributed by atoms with Gasteiger partial charge in [-0.05, 0) is 43.4 Å². The number of aromatic hydroxyl groups is 1. The highest BCUT2D eigenvalue weighted by Gasteiger charge is 2.18. The van der Waals surface area contributed by atoms with Crippen molar-refractivity contribution in [2.75, 3.05) is 0 Å². The molecule has 5 heteroatoms. The SMILES string of the molecule is Oc1cccc(Cn2ncc(OC3CCCCC3)c2Cl)c1. The maximum absolute atomic E-state index is 9.49. The fourth-order valence-corrected chi connectivity index (χ4v) is 2.93. The van der Waals surface area contributed by atoms with E-state index in [4.69, 9.17) is 16.3 Å². The van der Waals surface area contributed by atoms with Crippen molar-refractivity contribution in [3.8, 4) is 11.5 Å². The molecule has 21 heavy (non-hydrogen) atoms. The van der Waals surface area contributed by atoms with E-state index in [1.165, 1.54) is 19.3 Å². The number of phenolic OH excluding ortho intramolecular Hbond substituents is 1. The summed E-state index contributed by atoms with van der Waals surface area (Å²) in [7, 11) is 0. The third-order valence-electron chi connectivity index (χ3n) is 3.83. The zero-order chi connectivity index (χ0) is 14.7. The molecule has 0 radical (unpaired) electrons. The number of ether oxygens (including phenoxy) is 1. The maximum atomic E-state index is 9.49. The van der Waals surface area contributed by atoms with Crippen molar-refractivity contribution >= 4 is 11.6 Å². The largest absolute Gasteiger partial charge is 0.508 e. The van der Waals surface area contributed by atoms with Gasteiger partial charge in [0.15, 0.2) is 10.9 Å². The van der Waals surface area contributed by atoms with Gasteiger partial charge in [0.05, 0.1) is 18.8 Å². The Morgan fingerprint density at radius 3 is 2.86 bits per heavy atom. The first kappa shape index (κ1) is 14.3. The zero-order valence-corrected chi connectivity index (χ0v) is 12.6. The molecular formula is C16H19ClN2O2. The molecule has 1 saturated carbocycles. The van der Waals surface area contributed by atoms with Crippen molar-refractivity contribution in [2.45, 2.75) is 44.8 Å². The van der Waals surface area contributed by atoms with Crippen LogP contribution in [0.1, 0.15) is 37.7 Å². The summed E-state index contributed by atoms with van der Waals surface area (Å²) in [5.41, 5.74) is 0.948. The average molecular weight is 307 g/mol. The fourth-order valence-electron chi connectivity index (χ4n) is 2.73. The average Bonchev–Trinajstić information content (AvgIpc) is 2.82. The molecule has 0 bridgehead atoms. The van der Waals surface area contributed by atoms with Crippen LogP contribution < -0.4 is 4.74 Å². The summed E-state index contributed by atoms with van der Waals surface area (Å²) in [6.07, 6.45) is 7.86. The van der Waals surface area contributed by atoms with E-state index in [0.29, 0.717) is 17.4 Å². The number of phenols is 1. The molecule has 0 aliphatic heterocycles. The van der Waals surface area contributed by atoms with Gasteiger partial charge in [-0.1, -0.05) is 30.2 Å². The minimum Gasteiger partial charge on any atom is -0.508 e. The quantitative estimate of drug-likeness (QED) is 0.928. The van der Waals surface area contributed by atoms with Gasteiger partial charge in [-0.3, -0.25) is 0 Å². The van der Waals surface area contributed by atoms with Crippen LogP contribution >= 0.6 is 11.6 Å². The minimum absolute atomic E-state index is 0.245. The van der Waals surface area contributed by atoms with Crippen LogP contribution in [0.5, 0.6) is 11.5 Å². The minimum atomic E-state index is 0.245. The van der Waals surface area contributed by atoms with Crippen LogP contribution in [-0.2, 0) is 6.54 Å². The summed E-state index contributed by atoms with van der Waals surface area (Å²) in [5.74, 6) is 0.901. The second kappa shape index (κ2) is 6.39. The molecule has 0 amide bonds. The highest BCUT2D eigenvalue weighted by Crippen LogP contribution is 2.29. The van der Waals surface area contributed by atoms with Crippen LogP contribution in [0.4, 0.5) is 0 Å². The first-order valence-electron chi connectivity index (χ1n) is 7.38. The van der Waals surface area contributed by atoms with Crippen LogP contribution in [0, 0.1) is 0 Å². The van der Waals surface area contributed by atoms with E-state index in [1.54, 1.807) is 23.0 Å². The summed E-state index contributed by atoms with van der Waals surface area (Å²) in [6, 6.07) is 7.09. The standard InChI is InChI=1S/C16H19ClN2O2/c17-16-15(21-14-7-2-1-3-8-14)10-18-19(16)11-12-5-4-6-13(20)9-12/h4-6,9-10,14,20H,1-3,7-8,11H2. The normalized spacial score (nSPS) is 16.0. The Morgan fingerprint density at radius 2 is 2.10 bits per heavy atom. The molecule has 1 fully saturated rings. The Morgan fingerprint density at radius 1 is 1.29 bits per heavy atom. The Kier molecular flexibility index (Phi) is 4.34. The van der Waals surface area contributed by atoms with Crippen LogP contribution in [0.25, 0.3) is 0 Å². The molecule has 1 aliphatic carbocycles. The molecule has 0 spiro atoms. The van der Waals surface area contributed by atoms with Gasteiger partial charge < -0.3 is 9.84 Å². The summed E-state index contributed by atoms with van der Waals surface area (Å²) >= 11 is 6.35. The van der Waals surface area contributed by atoms with Gasteiger partial charge in [0, 0.05) is 0 Å². The van der Waals surface area contributed by atoms with Crippen molar-refractivity contribution in [1.29, 1.82) is 0 Å². The molecule has 1 heterocycles. The van der Waals surface area contributed by atoms with Crippen LogP contribution in [0.15, 0.2) is 30.5 Å². The number of benzene rings is 1. The molecule has 1 aliphatic rings. The van der Waals surface area contributed by atoms with Crippen molar-refractivity contribution in [3.05, 3.63) is 41.2 Å². The molecule has 112 valence electrons. The zero-order valence-electron chi connectivity index (χ0n) is 11.8. The molecule has 2 aromatic rings. The van der Waals surface area contributed by atoms with Gasteiger partial charge in [-0.2, -0.15) is 5.10 Å². The number of hydrogen-bond acceptors (Lipinski definition) is 3. The molecule has 0 atom stereocenters. The first-order chi connectivity index (χ1) is 10.2. The summed E-state index contributed by atoms with van der Waals surface area (Å²) in [4.78, 5) is 0. The molecule has 1 N–H and O–H groups in total. The van der Waals surface area contributed by atoms with E-state index in [0.717, 1.165) is 18.4 Å². The van der Waals surface area contributed by atoms with Crippen molar-refractivity contribution in [3.63, 3.8) is 0 Å². The van der Waals surface area contributed by atoms with E-state index in [9.17, 15) is 5.11 Å².